The zero-order valence-electron chi connectivity index (χ0n) is 13.7. The third-order valence-electron chi connectivity index (χ3n) is 5.09. The summed E-state index contributed by atoms with van der Waals surface area (Å²) in [5.74, 6) is -0.110. The highest BCUT2D eigenvalue weighted by Gasteiger charge is 2.32. The van der Waals surface area contributed by atoms with Crippen molar-refractivity contribution in [1.82, 2.24) is 10.2 Å². The smallest absolute Gasteiger partial charge is 0.264 e. The predicted octanol–water partition coefficient (Wildman–Crippen LogP) is 3.83. The van der Waals surface area contributed by atoms with E-state index < -0.39 is 0 Å². The van der Waals surface area contributed by atoms with E-state index in [9.17, 15) is 9.18 Å². The van der Waals surface area contributed by atoms with Crippen LogP contribution in [0.4, 0.5) is 4.39 Å². The lowest BCUT2D eigenvalue weighted by atomic mass is 10.1. The third-order valence-corrected chi connectivity index (χ3v) is 6.13. The Morgan fingerprint density at radius 1 is 1.21 bits per heavy atom. The van der Waals surface area contributed by atoms with Gasteiger partial charge >= 0.3 is 0 Å². The van der Waals surface area contributed by atoms with Gasteiger partial charge in [0.25, 0.3) is 5.91 Å². The molecule has 2 fully saturated rings. The molecule has 1 aromatic heterocycles. The fraction of sp³-hybridized carbons (Fsp3) is 0.421. The average molecular weight is 344 g/mol. The van der Waals surface area contributed by atoms with Crippen LogP contribution in [-0.2, 0) is 0 Å². The monoisotopic (exact) mass is 344 g/mol. The number of likely N-dealkylation sites (tertiary alicyclic amines) is 1. The summed E-state index contributed by atoms with van der Waals surface area (Å²) in [6.07, 6.45) is 3.44. The first kappa shape index (κ1) is 15.8. The van der Waals surface area contributed by atoms with E-state index in [1.165, 1.54) is 36.3 Å². The summed E-state index contributed by atoms with van der Waals surface area (Å²) in [7, 11) is 0. The second kappa shape index (κ2) is 6.30. The van der Waals surface area contributed by atoms with Crippen LogP contribution < -0.4 is 5.32 Å². The molecule has 2 aromatic rings. The molecule has 0 spiro atoms. The number of amides is 1. The Morgan fingerprint density at radius 3 is 2.75 bits per heavy atom. The van der Waals surface area contributed by atoms with Crippen molar-refractivity contribution in [2.24, 2.45) is 0 Å². The van der Waals surface area contributed by atoms with Crippen molar-refractivity contribution in [2.75, 3.05) is 13.1 Å². The lowest BCUT2D eigenvalue weighted by Gasteiger charge is -2.23. The summed E-state index contributed by atoms with van der Waals surface area (Å²) in [6.45, 7) is 3.65. The maximum atomic E-state index is 13.1. The van der Waals surface area contributed by atoms with Gasteiger partial charge in [0.1, 0.15) is 5.82 Å². The molecule has 1 N–H and O–H groups in total. The van der Waals surface area contributed by atoms with Crippen molar-refractivity contribution < 1.29 is 9.18 Å². The number of hydrogen-bond donors (Lipinski definition) is 1. The van der Waals surface area contributed by atoms with Crippen molar-refractivity contribution in [3.05, 3.63) is 45.9 Å². The van der Waals surface area contributed by atoms with Crippen LogP contribution in [0, 0.1) is 12.7 Å². The zero-order chi connectivity index (χ0) is 16.7. The molecule has 2 saturated heterocycles. The first-order valence-electron chi connectivity index (χ1n) is 8.52. The van der Waals surface area contributed by atoms with Gasteiger partial charge in [-0.15, -0.1) is 11.3 Å². The molecule has 0 aliphatic carbocycles. The number of benzene rings is 1. The van der Waals surface area contributed by atoms with E-state index in [0.717, 1.165) is 40.4 Å². The molecular weight excluding hydrogens is 323 g/mol. The van der Waals surface area contributed by atoms with Crippen molar-refractivity contribution in [3.8, 4) is 11.1 Å². The first-order chi connectivity index (χ1) is 11.6. The topological polar surface area (TPSA) is 32.3 Å². The molecule has 126 valence electrons. The van der Waals surface area contributed by atoms with E-state index in [2.05, 4.69) is 5.32 Å². The van der Waals surface area contributed by atoms with Crippen LogP contribution in [0.3, 0.4) is 0 Å². The lowest BCUT2D eigenvalue weighted by molar-refractivity contribution is 0.0753. The minimum absolute atomic E-state index is 0.130. The van der Waals surface area contributed by atoms with Crippen molar-refractivity contribution in [3.63, 3.8) is 0 Å². The van der Waals surface area contributed by atoms with Gasteiger partial charge in [-0.05, 0) is 55.5 Å². The molecular formula is C19H21FN2OS. The largest absolute Gasteiger partial charge is 0.336 e. The van der Waals surface area contributed by atoms with Crippen LogP contribution in [0.2, 0.25) is 0 Å². The molecule has 5 heteroatoms. The Kier molecular flexibility index (Phi) is 4.14. The molecule has 2 atom stereocenters. The number of fused-ring (bicyclic) bond motifs is 2. The van der Waals surface area contributed by atoms with Gasteiger partial charge in [0.2, 0.25) is 0 Å². The second-order valence-electron chi connectivity index (χ2n) is 6.77. The standard InChI is InChI=1S/C19H21FN2OS/c1-12-17(13-2-4-14(20)5-3-13)10-18(24-12)19(23)22-9-8-15-6-7-16(11-22)21-15/h2-5,10,15-16,21H,6-9,11H2,1H3. The van der Waals surface area contributed by atoms with Gasteiger partial charge < -0.3 is 10.2 Å². The van der Waals surface area contributed by atoms with Crippen LogP contribution >= 0.6 is 11.3 Å². The quantitative estimate of drug-likeness (QED) is 0.898. The maximum Gasteiger partial charge on any atom is 0.264 e. The van der Waals surface area contributed by atoms with Gasteiger partial charge in [-0.25, -0.2) is 4.39 Å². The normalized spacial score (nSPS) is 23.3. The number of rotatable bonds is 2. The summed E-state index contributed by atoms with van der Waals surface area (Å²) < 4.78 is 13.1. The Morgan fingerprint density at radius 2 is 1.96 bits per heavy atom. The van der Waals surface area contributed by atoms with E-state index in [-0.39, 0.29) is 11.7 Å². The van der Waals surface area contributed by atoms with Crippen LogP contribution in [0.5, 0.6) is 0 Å². The molecule has 2 unspecified atom stereocenters. The van der Waals surface area contributed by atoms with Gasteiger partial charge in [0.05, 0.1) is 4.88 Å². The van der Waals surface area contributed by atoms with Crippen LogP contribution in [0.1, 0.15) is 33.8 Å². The number of nitrogens with one attached hydrogen (secondary N) is 1. The summed E-state index contributed by atoms with van der Waals surface area (Å²) in [5, 5.41) is 3.61. The first-order valence-corrected chi connectivity index (χ1v) is 9.33. The van der Waals surface area contributed by atoms with Gasteiger partial charge in [0, 0.05) is 30.1 Å². The number of hydrogen-bond acceptors (Lipinski definition) is 3. The number of thiophene rings is 1. The fourth-order valence-corrected chi connectivity index (χ4v) is 4.80. The Labute approximate surface area is 145 Å². The van der Waals surface area contributed by atoms with Gasteiger partial charge in [-0.1, -0.05) is 12.1 Å². The highest BCUT2D eigenvalue weighted by molar-refractivity contribution is 7.14. The molecule has 0 saturated carbocycles. The molecule has 4 rings (SSSR count). The highest BCUT2D eigenvalue weighted by atomic mass is 32.1. The number of aryl methyl sites for hydroxylation is 1. The minimum atomic E-state index is -0.241. The third kappa shape index (κ3) is 2.98. The minimum Gasteiger partial charge on any atom is -0.336 e. The Hall–Kier alpha value is -1.72. The van der Waals surface area contributed by atoms with Gasteiger partial charge in [-0.3, -0.25) is 4.79 Å². The van der Waals surface area contributed by atoms with Crippen LogP contribution in [0.25, 0.3) is 11.1 Å². The van der Waals surface area contributed by atoms with Crippen LogP contribution in [0.15, 0.2) is 30.3 Å². The lowest BCUT2D eigenvalue weighted by Crippen LogP contribution is -2.38. The average Bonchev–Trinajstić information content (AvgIpc) is 3.10. The molecule has 1 aromatic carbocycles. The second-order valence-corrected chi connectivity index (χ2v) is 8.02. The molecule has 1 amide bonds. The van der Waals surface area contributed by atoms with E-state index in [1.807, 2.05) is 17.9 Å². The Balaban J connectivity index is 1.57. The zero-order valence-corrected chi connectivity index (χ0v) is 14.5. The SMILES string of the molecule is Cc1sc(C(=O)N2CCC3CCC(C2)N3)cc1-c1ccc(F)cc1. The summed E-state index contributed by atoms with van der Waals surface area (Å²) >= 11 is 1.54. The molecule has 3 nitrogen and oxygen atoms in total. The fourth-order valence-electron chi connectivity index (χ4n) is 3.79. The summed E-state index contributed by atoms with van der Waals surface area (Å²) in [4.78, 5) is 16.8. The Bertz CT molecular complexity index is 755. The molecule has 24 heavy (non-hydrogen) atoms. The van der Waals surface area contributed by atoms with Gasteiger partial charge in [0.15, 0.2) is 0 Å². The van der Waals surface area contributed by atoms with Gasteiger partial charge in [-0.2, -0.15) is 0 Å². The maximum absolute atomic E-state index is 13.1. The summed E-state index contributed by atoms with van der Waals surface area (Å²) in [5.41, 5.74) is 1.98. The molecule has 2 aliphatic heterocycles. The number of nitrogens with zero attached hydrogens (tertiary/aromatic N) is 1. The van der Waals surface area contributed by atoms with E-state index in [0.29, 0.717) is 12.1 Å². The predicted molar refractivity (Wildman–Crippen MR) is 94.9 cm³/mol. The highest BCUT2D eigenvalue weighted by Crippen LogP contribution is 2.32. The molecule has 2 bridgehead atoms. The molecule has 2 aliphatic rings. The molecule has 0 radical (unpaired) electrons. The number of carbonyl (C=O) groups excluding carboxylic acids is 1. The van der Waals surface area contributed by atoms with Crippen molar-refractivity contribution in [2.45, 2.75) is 38.3 Å². The van der Waals surface area contributed by atoms with E-state index in [1.54, 1.807) is 12.1 Å². The molecule has 3 heterocycles. The van der Waals surface area contributed by atoms with Crippen molar-refractivity contribution in [1.29, 1.82) is 0 Å². The summed E-state index contributed by atoms with van der Waals surface area (Å²) in [6, 6.07) is 9.45. The van der Waals surface area contributed by atoms with E-state index >= 15 is 0 Å². The van der Waals surface area contributed by atoms with E-state index in [4.69, 9.17) is 0 Å². The van der Waals surface area contributed by atoms with Crippen LogP contribution in [-0.4, -0.2) is 36.0 Å². The number of halogens is 1. The van der Waals surface area contributed by atoms with Crippen molar-refractivity contribution >= 4 is 17.2 Å². The number of carbonyl (C=O) groups is 1.